The summed E-state index contributed by atoms with van der Waals surface area (Å²) >= 11 is 0. The molecule has 1 fully saturated rings. The summed E-state index contributed by atoms with van der Waals surface area (Å²) in [5, 5.41) is 3.45. The first-order valence-corrected chi connectivity index (χ1v) is 8.72. The Balaban J connectivity index is 2.57. The lowest BCUT2D eigenvalue weighted by Gasteiger charge is -2.39. The minimum Gasteiger partial charge on any atom is -0.465 e. The summed E-state index contributed by atoms with van der Waals surface area (Å²) in [5.74, 6) is -0.0969. The average molecular weight is 299 g/mol. The van der Waals surface area contributed by atoms with Crippen LogP contribution in [-0.2, 0) is 14.3 Å². The summed E-state index contributed by atoms with van der Waals surface area (Å²) < 4.78 is 11.3. The molecule has 4 nitrogen and oxygen atoms in total. The molecule has 1 aliphatic rings. The third-order valence-electron chi connectivity index (χ3n) is 4.19. The van der Waals surface area contributed by atoms with Gasteiger partial charge in [-0.25, -0.2) is 0 Å². The SMILES string of the molecule is CCCCCOC1CCCC(NCCC)(C(=O)OCC)C1. The summed E-state index contributed by atoms with van der Waals surface area (Å²) in [6, 6.07) is 0. The van der Waals surface area contributed by atoms with Gasteiger partial charge in [0.25, 0.3) is 0 Å². The monoisotopic (exact) mass is 299 g/mol. The Bertz CT molecular complexity index is 296. The Morgan fingerprint density at radius 1 is 1.24 bits per heavy atom. The smallest absolute Gasteiger partial charge is 0.326 e. The van der Waals surface area contributed by atoms with Gasteiger partial charge in [-0.1, -0.05) is 26.7 Å². The summed E-state index contributed by atoms with van der Waals surface area (Å²) in [6.07, 6.45) is 8.42. The van der Waals surface area contributed by atoms with Crippen LogP contribution in [0.5, 0.6) is 0 Å². The van der Waals surface area contributed by atoms with Gasteiger partial charge in [-0.3, -0.25) is 4.79 Å². The number of hydrogen-bond donors (Lipinski definition) is 1. The van der Waals surface area contributed by atoms with E-state index in [1.807, 2.05) is 6.92 Å². The largest absolute Gasteiger partial charge is 0.465 e. The fourth-order valence-corrected chi connectivity index (χ4v) is 3.02. The molecule has 2 atom stereocenters. The Kier molecular flexibility index (Phi) is 8.93. The highest BCUT2D eigenvalue weighted by Crippen LogP contribution is 2.31. The van der Waals surface area contributed by atoms with Crippen molar-refractivity contribution < 1.29 is 14.3 Å². The molecule has 0 aromatic carbocycles. The van der Waals surface area contributed by atoms with Crippen molar-refractivity contribution in [3.63, 3.8) is 0 Å². The van der Waals surface area contributed by atoms with Gasteiger partial charge >= 0.3 is 5.97 Å². The zero-order chi connectivity index (χ0) is 15.6. The van der Waals surface area contributed by atoms with Gasteiger partial charge in [-0.15, -0.1) is 0 Å². The van der Waals surface area contributed by atoms with E-state index in [-0.39, 0.29) is 12.1 Å². The molecule has 21 heavy (non-hydrogen) atoms. The fourth-order valence-electron chi connectivity index (χ4n) is 3.02. The summed E-state index contributed by atoms with van der Waals surface area (Å²) in [4.78, 5) is 12.4. The molecule has 0 bridgehead atoms. The lowest BCUT2D eigenvalue weighted by atomic mass is 9.79. The van der Waals surface area contributed by atoms with Crippen molar-refractivity contribution in [1.82, 2.24) is 5.32 Å². The molecule has 0 saturated heterocycles. The Morgan fingerprint density at radius 2 is 2.05 bits per heavy atom. The van der Waals surface area contributed by atoms with Crippen molar-refractivity contribution in [2.24, 2.45) is 0 Å². The molecule has 1 N–H and O–H groups in total. The van der Waals surface area contributed by atoms with E-state index in [9.17, 15) is 4.79 Å². The second-order valence-corrected chi connectivity index (χ2v) is 6.03. The van der Waals surface area contributed by atoms with E-state index >= 15 is 0 Å². The van der Waals surface area contributed by atoms with Gasteiger partial charge in [0.2, 0.25) is 0 Å². The van der Waals surface area contributed by atoms with Crippen molar-refractivity contribution in [2.75, 3.05) is 19.8 Å². The van der Waals surface area contributed by atoms with Crippen LogP contribution in [0.1, 0.15) is 72.1 Å². The minimum absolute atomic E-state index is 0.0969. The van der Waals surface area contributed by atoms with E-state index in [0.29, 0.717) is 6.61 Å². The second-order valence-electron chi connectivity index (χ2n) is 6.03. The van der Waals surface area contributed by atoms with Crippen LogP contribution in [0.25, 0.3) is 0 Å². The topological polar surface area (TPSA) is 47.6 Å². The standard InChI is InChI=1S/C17H33NO3/c1-4-7-8-13-21-15-10-9-11-17(14-15,18-12-5-2)16(19)20-6-3/h15,18H,4-14H2,1-3H3. The highest BCUT2D eigenvalue weighted by molar-refractivity contribution is 5.81. The Labute approximate surface area is 130 Å². The molecule has 124 valence electrons. The molecule has 0 spiro atoms. The van der Waals surface area contributed by atoms with E-state index in [1.54, 1.807) is 0 Å². The summed E-state index contributed by atoms with van der Waals surface area (Å²) in [6.45, 7) is 8.28. The quantitative estimate of drug-likeness (QED) is 0.496. The zero-order valence-corrected chi connectivity index (χ0v) is 14.1. The maximum Gasteiger partial charge on any atom is 0.326 e. The molecule has 0 aromatic rings. The molecule has 4 heteroatoms. The lowest BCUT2D eigenvalue weighted by Crippen LogP contribution is -2.57. The van der Waals surface area contributed by atoms with E-state index in [4.69, 9.17) is 9.47 Å². The van der Waals surface area contributed by atoms with Crippen LogP contribution in [0.4, 0.5) is 0 Å². The lowest BCUT2D eigenvalue weighted by molar-refractivity contribution is -0.155. The van der Waals surface area contributed by atoms with Crippen LogP contribution in [0.2, 0.25) is 0 Å². The van der Waals surface area contributed by atoms with Gasteiger partial charge in [0, 0.05) is 13.0 Å². The number of nitrogens with one attached hydrogen (secondary N) is 1. The summed E-state index contributed by atoms with van der Waals surface area (Å²) in [7, 11) is 0. The van der Waals surface area contributed by atoms with E-state index < -0.39 is 5.54 Å². The van der Waals surface area contributed by atoms with Gasteiger partial charge in [0.15, 0.2) is 0 Å². The molecule has 0 radical (unpaired) electrons. The van der Waals surface area contributed by atoms with Crippen molar-refractivity contribution in [3.05, 3.63) is 0 Å². The van der Waals surface area contributed by atoms with Gasteiger partial charge in [0.1, 0.15) is 5.54 Å². The number of unbranched alkanes of at least 4 members (excludes halogenated alkanes) is 2. The molecule has 0 aliphatic heterocycles. The van der Waals surface area contributed by atoms with Gasteiger partial charge in [-0.2, -0.15) is 0 Å². The predicted octanol–water partition coefficient (Wildman–Crippen LogP) is 3.44. The second kappa shape index (κ2) is 10.2. The number of hydrogen-bond acceptors (Lipinski definition) is 4. The number of carbonyl (C=O) groups is 1. The molecule has 0 heterocycles. The minimum atomic E-state index is -0.528. The zero-order valence-electron chi connectivity index (χ0n) is 14.1. The average Bonchev–Trinajstić information content (AvgIpc) is 2.50. The van der Waals surface area contributed by atoms with Gasteiger partial charge in [0.05, 0.1) is 12.7 Å². The first-order valence-electron chi connectivity index (χ1n) is 8.72. The van der Waals surface area contributed by atoms with Crippen molar-refractivity contribution in [3.8, 4) is 0 Å². The molecule has 1 rings (SSSR count). The first kappa shape index (κ1) is 18.4. The first-order chi connectivity index (χ1) is 10.2. The molecule has 2 unspecified atom stereocenters. The molecule has 1 saturated carbocycles. The van der Waals surface area contributed by atoms with E-state index in [1.165, 1.54) is 12.8 Å². The third kappa shape index (κ3) is 5.95. The van der Waals surface area contributed by atoms with Crippen LogP contribution in [0.3, 0.4) is 0 Å². The highest BCUT2D eigenvalue weighted by Gasteiger charge is 2.43. The molecular formula is C17H33NO3. The number of ether oxygens (including phenoxy) is 2. The third-order valence-corrected chi connectivity index (χ3v) is 4.19. The van der Waals surface area contributed by atoms with Crippen molar-refractivity contribution in [2.45, 2.75) is 83.8 Å². The number of esters is 1. The van der Waals surface area contributed by atoms with E-state index in [0.717, 1.165) is 51.7 Å². The maximum absolute atomic E-state index is 12.4. The van der Waals surface area contributed by atoms with Crippen LogP contribution in [-0.4, -0.2) is 37.4 Å². The van der Waals surface area contributed by atoms with Crippen LogP contribution in [0.15, 0.2) is 0 Å². The Morgan fingerprint density at radius 3 is 2.71 bits per heavy atom. The van der Waals surface area contributed by atoms with Crippen LogP contribution >= 0.6 is 0 Å². The molecule has 0 aromatic heterocycles. The molecular weight excluding hydrogens is 266 g/mol. The highest BCUT2D eigenvalue weighted by atomic mass is 16.5. The Hall–Kier alpha value is -0.610. The number of carbonyl (C=O) groups excluding carboxylic acids is 1. The predicted molar refractivity (Wildman–Crippen MR) is 85.4 cm³/mol. The number of rotatable bonds is 10. The van der Waals surface area contributed by atoms with E-state index in [2.05, 4.69) is 19.2 Å². The van der Waals surface area contributed by atoms with Crippen molar-refractivity contribution in [1.29, 1.82) is 0 Å². The van der Waals surface area contributed by atoms with Crippen molar-refractivity contribution >= 4 is 5.97 Å². The maximum atomic E-state index is 12.4. The van der Waals surface area contributed by atoms with Crippen LogP contribution < -0.4 is 5.32 Å². The summed E-state index contributed by atoms with van der Waals surface area (Å²) in [5.41, 5.74) is -0.528. The molecule has 1 aliphatic carbocycles. The van der Waals surface area contributed by atoms with Crippen LogP contribution in [0, 0.1) is 0 Å². The normalized spacial score (nSPS) is 25.8. The fraction of sp³-hybridized carbons (Fsp3) is 0.941. The van der Waals surface area contributed by atoms with Gasteiger partial charge in [-0.05, 0) is 45.6 Å². The molecule has 0 amide bonds. The van der Waals surface area contributed by atoms with Gasteiger partial charge < -0.3 is 14.8 Å².